The van der Waals surface area contributed by atoms with Gasteiger partial charge in [-0.15, -0.1) is 11.6 Å². The molecule has 0 aliphatic carbocycles. The maximum Gasteiger partial charge on any atom is 0.241 e. The molecule has 1 aromatic carbocycles. The van der Waals surface area contributed by atoms with Gasteiger partial charge in [0.2, 0.25) is 11.7 Å². The quantitative estimate of drug-likeness (QED) is 0.651. The minimum atomic E-state index is 0.224. The topological polar surface area (TPSA) is 51.8 Å². The summed E-state index contributed by atoms with van der Waals surface area (Å²) in [5, 5.41) is 4.92. The summed E-state index contributed by atoms with van der Waals surface area (Å²) in [6, 6.07) is 9.71. The monoisotopic (exact) mass is 245 g/mol. The van der Waals surface area contributed by atoms with Crippen LogP contribution < -0.4 is 0 Å². The summed E-state index contributed by atoms with van der Waals surface area (Å²) in [5.74, 6) is 1.20. The molecule has 0 aliphatic rings. The second kappa shape index (κ2) is 4.14. The number of hydrogen-bond donors (Lipinski definition) is 0. The van der Waals surface area contributed by atoms with Gasteiger partial charge in [-0.05, 0) is 24.3 Å². The van der Waals surface area contributed by atoms with Crippen molar-refractivity contribution >= 4 is 22.5 Å². The van der Waals surface area contributed by atoms with Gasteiger partial charge in [-0.1, -0.05) is 11.2 Å². The van der Waals surface area contributed by atoms with Gasteiger partial charge in [-0.25, -0.2) is 0 Å². The Balaban J connectivity index is 2.11. The zero-order valence-corrected chi connectivity index (χ0v) is 9.55. The molecule has 0 saturated carbocycles. The number of nitrogens with zero attached hydrogens (tertiary/aromatic N) is 3. The second-order valence-corrected chi connectivity index (χ2v) is 3.82. The first-order valence-corrected chi connectivity index (χ1v) is 5.64. The Kier molecular flexibility index (Phi) is 2.49. The molecule has 0 fully saturated rings. The summed E-state index contributed by atoms with van der Waals surface area (Å²) in [4.78, 5) is 8.43. The van der Waals surface area contributed by atoms with Crippen molar-refractivity contribution < 1.29 is 4.52 Å². The number of aromatic nitrogens is 3. The lowest BCUT2D eigenvalue weighted by atomic mass is 10.1. The number of fused-ring (bicyclic) bond motifs is 1. The van der Waals surface area contributed by atoms with E-state index in [1.807, 2.05) is 30.3 Å². The first-order chi connectivity index (χ1) is 8.36. The van der Waals surface area contributed by atoms with E-state index < -0.39 is 0 Å². The fourth-order valence-corrected chi connectivity index (χ4v) is 1.75. The highest BCUT2D eigenvalue weighted by Crippen LogP contribution is 2.21. The van der Waals surface area contributed by atoms with Gasteiger partial charge in [0, 0.05) is 17.1 Å². The van der Waals surface area contributed by atoms with Crippen molar-refractivity contribution in [1.82, 2.24) is 15.1 Å². The Morgan fingerprint density at radius 3 is 3.00 bits per heavy atom. The summed E-state index contributed by atoms with van der Waals surface area (Å²) in [6.07, 6.45) is 1.77. The number of pyridine rings is 1. The molecule has 0 spiro atoms. The third kappa shape index (κ3) is 1.87. The average Bonchev–Trinajstić information content (AvgIpc) is 2.87. The van der Waals surface area contributed by atoms with Crippen molar-refractivity contribution in [2.24, 2.45) is 0 Å². The molecular formula is C12H8ClN3O. The minimum absolute atomic E-state index is 0.224. The molecule has 84 valence electrons. The lowest BCUT2D eigenvalue weighted by Crippen LogP contribution is -1.83. The minimum Gasteiger partial charge on any atom is -0.338 e. The molecule has 2 heterocycles. The maximum atomic E-state index is 5.62. The fourth-order valence-electron chi connectivity index (χ4n) is 1.64. The predicted octanol–water partition coefficient (Wildman–Crippen LogP) is 3.02. The van der Waals surface area contributed by atoms with Gasteiger partial charge in [-0.3, -0.25) is 4.98 Å². The van der Waals surface area contributed by atoms with Crippen molar-refractivity contribution in [2.75, 3.05) is 0 Å². The molecule has 3 aromatic rings. The van der Waals surface area contributed by atoms with E-state index in [1.54, 1.807) is 6.20 Å². The van der Waals surface area contributed by atoms with E-state index in [1.165, 1.54) is 0 Å². The molecule has 4 nitrogen and oxygen atoms in total. The molecule has 0 saturated heterocycles. The molecule has 0 aliphatic heterocycles. The molecule has 17 heavy (non-hydrogen) atoms. The van der Waals surface area contributed by atoms with E-state index in [9.17, 15) is 0 Å². The third-order valence-corrected chi connectivity index (χ3v) is 2.67. The fraction of sp³-hybridized carbons (Fsp3) is 0.0833. The van der Waals surface area contributed by atoms with Gasteiger partial charge in [0.15, 0.2) is 0 Å². The normalized spacial score (nSPS) is 10.9. The molecule has 5 heteroatoms. The summed E-state index contributed by atoms with van der Waals surface area (Å²) in [6.45, 7) is 0. The molecule has 0 unspecified atom stereocenters. The highest BCUT2D eigenvalue weighted by atomic mass is 35.5. The Labute approximate surface area is 102 Å². The SMILES string of the molecule is ClCc1nc(-c2ccc3ncccc3c2)no1. The molecule has 0 N–H and O–H groups in total. The Morgan fingerprint density at radius 2 is 2.18 bits per heavy atom. The number of alkyl halides is 1. The van der Waals surface area contributed by atoms with E-state index in [2.05, 4.69) is 15.1 Å². The van der Waals surface area contributed by atoms with Crippen molar-refractivity contribution in [1.29, 1.82) is 0 Å². The molecule has 0 atom stereocenters. The Bertz CT molecular complexity index is 665. The lowest BCUT2D eigenvalue weighted by Gasteiger charge is -1.98. The molecule has 0 radical (unpaired) electrons. The van der Waals surface area contributed by atoms with E-state index in [0.29, 0.717) is 11.7 Å². The third-order valence-electron chi connectivity index (χ3n) is 2.44. The van der Waals surface area contributed by atoms with E-state index in [-0.39, 0.29) is 5.88 Å². The van der Waals surface area contributed by atoms with Crippen LogP contribution in [0.1, 0.15) is 5.89 Å². The van der Waals surface area contributed by atoms with E-state index in [4.69, 9.17) is 16.1 Å². The highest BCUT2D eigenvalue weighted by molar-refractivity contribution is 6.16. The van der Waals surface area contributed by atoms with Crippen LogP contribution in [0.3, 0.4) is 0 Å². The second-order valence-electron chi connectivity index (χ2n) is 3.56. The summed E-state index contributed by atoms with van der Waals surface area (Å²) >= 11 is 5.62. The van der Waals surface area contributed by atoms with Crippen LogP contribution >= 0.6 is 11.6 Å². The largest absolute Gasteiger partial charge is 0.338 e. The number of benzene rings is 1. The van der Waals surface area contributed by atoms with Gasteiger partial charge in [0.1, 0.15) is 5.88 Å². The molecule has 0 bridgehead atoms. The summed E-state index contributed by atoms with van der Waals surface area (Å²) < 4.78 is 4.97. The molecule has 3 rings (SSSR count). The number of rotatable bonds is 2. The van der Waals surface area contributed by atoms with Crippen molar-refractivity contribution in [2.45, 2.75) is 5.88 Å². The summed E-state index contributed by atoms with van der Waals surface area (Å²) in [5.41, 5.74) is 1.84. The van der Waals surface area contributed by atoms with Crippen molar-refractivity contribution in [3.05, 3.63) is 42.4 Å². The first-order valence-electron chi connectivity index (χ1n) is 5.10. The van der Waals surface area contributed by atoms with Gasteiger partial charge < -0.3 is 4.52 Å². The lowest BCUT2D eigenvalue weighted by molar-refractivity contribution is 0.391. The van der Waals surface area contributed by atoms with Crippen LogP contribution in [0, 0.1) is 0 Å². The van der Waals surface area contributed by atoms with Gasteiger partial charge in [0.25, 0.3) is 0 Å². The summed E-state index contributed by atoms with van der Waals surface area (Å²) in [7, 11) is 0. The molecular weight excluding hydrogens is 238 g/mol. The van der Waals surface area contributed by atoms with Crippen LogP contribution in [0.5, 0.6) is 0 Å². The average molecular weight is 246 g/mol. The predicted molar refractivity (Wildman–Crippen MR) is 64.6 cm³/mol. The highest BCUT2D eigenvalue weighted by Gasteiger charge is 2.08. The van der Waals surface area contributed by atoms with Gasteiger partial charge >= 0.3 is 0 Å². The van der Waals surface area contributed by atoms with Gasteiger partial charge in [-0.2, -0.15) is 4.98 Å². The standard InChI is InChI=1S/C12H8ClN3O/c13-7-11-15-12(16-17-11)9-3-4-10-8(6-9)2-1-5-14-10/h1-6H,7H2. The zero-order valence-electron chi connectivity index (χ0n) is 8.80. The van der Waals surface area contributed by atoms with E-state index >= 15 is 0 Å². The molecule has 2 aromatic heterocycles. The molecule has 0 amide bonds. The number of halogens is 1. The zero-order chi connectivity index (χ0) is 11.7. The van der Waals surface area contributed by atoms with Crippen LogP contribution in [-0.2, 0) is 5.88 Å². The Morgan fingerprint density at radius 1 is 1.24 bits per heavy atom. The van der Waals surface area contributed by atoms with Crippen molar-refractivity contribution in [3.63, 3.8) is 0 Å². The van der Waals surface area contributed by atoms with Crippen LogP contribution in [0.4, 0.5) is 0 Å². The van der Waals surface area contributed by atoms with Crippen molar-refractivity contribution in [3.8, 4) is 11.4 Å². The smallest absolute Gasteiger partial charge is 0.241 e. The van der Waals surface area contributed by atoms with Gasteiger partial charge in [0.05, 0.1) is 5.52 Å². The number of hydrogen-bond acceptors (Lipinski definition) is 4. The first kappa shape index (κ1) is 10.2. The van der Waals surface area contributed by atoms with E-state index in [0.717, 1.165) is 16.5 Å². The van der Waals surface area contributed by atoms with Crippen LogP contribution in [-0.4, -0.2) is 15.1 Å². The Hall–Kier alpha value is -1.94. The maximum absolute atomic E-state index is 5.62. The van der Waals surface area contributed by atoms with Crippen LogP contribution in [0.25, 0.3) is 22.3 Å². The van der Waals surface area contributed by atoms with Crippen LogP contribution in [0.15, 0.2) is 41.1 Å². The van der Waals surface area contributed by atoms with Crippen LogP contribution in [0.2, 0.25) is 0 Å².